The van der Waals surface area contributed by atoms with E-state index in [9.17, 15) is 14.4 Å². The highest BCUT2D eigenvalue weighted by molar-refractivity contribution is 5.91. The van der Waals surface area contributed by atoms with Crippen molar-refractivity contribution in [1.29, 1.82) is 0 Å². The van der Waals surface area contributed by atoms with E-state index in [1.807, 2.05) is 12.1 Å². The number of allylic oxidation sites excluding steroid dienone is 1. The Morgan fingerprint density at radius 2 is 1.73 bits per heavy atom. The summed E-state index contributed by atoms with van der Waals surface area (Å²) in [6.07, 6.45) is 13.0. The van der Waals surface area contributed by atoms with Gasteiger partial charge in [-0.05, 0) is 113 Å². The molecule has 6 rings (SSSR count). The topological polar surface area (TPSA) is 81.7 Å². The van der Waals surface area contributed by atoms with Gasteiger partial charge in [0, 0.05) is 36.8 Å². The van der Waals surface area contributed by atoms with Gasteiger partial charge in [0.15, 0.2) is 5.78 Å². The number of benzene rings is 1. The lowest BCUT2D eigenvalue weighted by atomic mass is 9.47. The Kier molecular flexibility index (Phi) is 8.62. The first-order chi connectivity index (χ1) is 20.9. The Hall–Kier alpha value is -2.47. The molecule has 0 unspecified atom stereocenters. The van der Waals surface area contributed by atoms with Gasteiger partial charge in [0.25, 0.3) is 0 Å². The van der Waals surface area contributed by atoms with Crippen molar-refractivity contribution in [2.45, 2.75) is 128 Å². The fourth-order valence-electron chi connectivity index (χ4n) is 10.5. The molecule has 240 valence electrons. The van der Waals surface area contributed by atoms with Gasteiger partial charge in [-0.1, -0.05) is 49.8 Å². The predicted molar refractivity (Wildman–Crippen MR) is 171 cm³/mol. The summed E-state index contributed by atoms with van der Waals surface area (Å²) in [4.78, 5) is 38.0. The average Bonchev–Trinajstić information content (AvgIpc) is 3.32. The van der Waals surface area contributed by atoms with Crippen LogP contribution in [0.5, 0.6) is 0 Å². The molecule has 5 aliphatic rings. The quantitative estimate of drug-likeness (QED) is 0.317. The highest BCUT2D eigenvalue weighted by Gasteiger charge is 2.60. The van der Waals surface area contributed by atoms with E-state index in [0.717, 1.165) is 64.2 Å². The maximum atomic E-state index is 13.0. The first-order valence-electron chi connectivity index (χ1n) is 17.3. The summed E-state index contributed by atoms with van der Waals surface area (Å²) in [5.41, 5.74) is 2.61. The number of rotatable bonds is 8. The minimum Gasteiger partial charge on any atom is -0.462 e. The summed E-state index contributed by atoms with van der Waals surface area (Å²) in [6, 6.07) is 10.6. The second kappa shape index (κ2) is 12.0. The van der Waals surface area contributed by atoms with Crippen molar-refractivity contribution < 1.29 is 23.9 Å². The van der Waals surface area contributed by atoms with Crippen LogP contribution in [0.15, 0.2) is 42.0 Å². The van der Waals surface area contributed by atoms with Crippen LogP contribution < -0.4 is 5.32 Å². The van der Waals surface area contributed by atoms with Crippen LogP contribution in [0, 0.1) is 28.6 Å². The number of hydrogen-bond donors (Lipinski definition) is 1. The molecule has 1 saturated heterocycles. The molecule has 0 aromatic heterocycles. The molecule has 0 spiro atoms. The molecule has 0 bridgehead atoms. The van der Waals surface area contributed by atoms with E-state index in [0.29, 0.717) is 43.1 Å². The molecule has 1 amide bonds. The first-order valence-corrected chi connectivity index (χ1v) is 17.3. The van der Waals surface area contributed by atoms with Crippen LogP contribution in [-0.2, 0) is 29.3 Å². The smallest absolute Gasteiger partial charge is 0.306 e. The van der Waals surface area contributed by atoms with E-state index >= 15 is 0 Å². The summed E-state index contributed by atoms with van der Waals surface area (Å²) in [5.74, 6) is 1.80. The van der Waals surface area contributed by atoms with Crippen molar-refractivity contribution in [2.75, 3.05) is 13.2 Å². The molecule has 1 aromatic carbocycles. The first kappa shape index (κ1) is 31.5. The zero-order valence-corrected chi connectivity index (χ0v) is 27.4. The van der Waals surface area contributed by atoms with Gasteiger partial charge < -0.3 is 14.8 Å². The number of carbonyl (C=O) groups excluding carboxylic acids is 3. The minimum atomic E-state index is -0.243. The van der Waals surface area contributed by atoms with Crippen LogP contribution in [0.25, 0.3) is 0 Å². The molecule has 7 atom stereocenters. The molecule has 6 nitrogen and oxygen atoms in total. The Labute approximate surface area is 264 Å². The zero-order valence-electron chi connectivity index (χ0n) is 27.4. The monoisotopic (exact) mass is 603 g/mol. The molecule has 4 fully saturated rings. The van der Waals surface area contributed by atoms with Crippen molar-refractivity contribution in [1.82, 2.24) is 5.32 Å². The Balaban J connectivity index is 0.996. The fourth-order valence-corrected chi connectivity index (χ4v) is 10.5. The predicted octanol–water partition coefficient (Wildman–Crippen LogP) is 7.24. The van der Waals surface area contributed by atoms with Crippen molar-refractivity contribution in [3.8, 4) is 0 Å². The van der Waals surface area contributed by atoms with Crippen molar-refractivity contribution in [3.05, 3.63) is 47.5 Å². The van der Waals surface area contributed by atoms with Crippen LogP contribution >= 0.6 is 0 Å². The average molecular weight is 604 g/mol. The zero-order chi connectivity index (χ0) is 31.2. The lowest BCUT2D eigenvalue weighted by molar-refractivity contribution is -0.160. The second-order valence-corrected chi connectivity index (χ2v) is 15.9. The number of hydrogen-bond acceptors (Lipinski definition) is 5. The summed E-state index contributed by atoms with van der Waals surface area (Å²) >= 11 is 0. The van der Waals surface area contributed by atoms with Crippen LogP contribution in [0.1, 0.15) is 117 Å². The Morgan fingerprint density at radius 1 is 0.932 bits per heavy atom. The largest absolute Gasteiger partial charge is 0.462 e. The van der Waals surface area contributed by atoms with Gasteiger partial charge in [-0.3, -0.25) is 14.4 Å². The number of carbonyl (C=O) groups is 3. The molecule has 6 heteroatoms. The second-order valence-electron chi connectivity index (χ2n) is 15.9. The number of esters is 1. The molecule has 1 N–H and O–H groups in total. The van der Waals surface area contributed by atoms with Crippen LogP contribution in [0.2, 0.25) is 0 Å². The van der Waals surface area contributed by atoms with E-state index in [-0.39, 0.29) is 52.7 Å². The lowest BCUT2D eigenvalue weighted by Gasteiger charge is -2.57. The SMILES string of the molecule is CC1(C)C[C@](CCNC(=O)CCC(=O)O[C@H]2CC[C@H]3[C@H]4CCC5=CC(=O)CC[C@]5(C)[C@H]4CC[C@]23C)(c2ccccc2)CCO1. The highest BCUT2D eigenvalue weighted by Crippen LogP contribution is 2.65. The van der Waals surface area contributed by atoms with Gasteiger partial charge in [0.2, 0.25) is 5.91 Å². The maximum absolute atomic E-state index is 13.0. The Bertz CT molecular complexity index is 1290. The fraction of sp³-hybridized carbons (Fsp3) is 0.711. The summed E-state index contributed by atoms with van der Waals surface area (Å²) < 4.78 is 12.2. The number of ether oxygens (including phenoxy) is 2. The highest BCUT2D eigenvalue weighted by atomic mass is 16.5. The van der Waals surface area contributed by atoms with E-state index in [2.05, 4.69) is 57.3 Å². The van der Waals surface area contributed by atoms with Gasteiger partial charge >= 0.3 is 5.97 Å². The summed E-state index contributed by atoms with van der Waals surface area (Å²) in [5, 5.41) is 3.10. The third-order valence-electron chi connectivity index (χ3n) is 12.9. The van der Waals surface area contributed by atoms with Crippen molar-refractivity contribution >= 4 is 17.7 Å². The summed E-state index contributed by atoms with van der Waals surface area (Å²) in [7, 11) is 0. The summed E-state index contributed by atoms with van der Waals surface area (Å²) in [6.45, 7) is 10.3. The molecule has 1 aromatic rings. The van der Waals surface area contributed by atoms with Gasteiger partial charge in [0.05, 0.1) is 12.0 Å². The number of nitrogens with one attached hydrogen (secondary N) is 1. The van der Waals surface area contributed by atoms with Crippen LogP contribution in [-0.4, -0.2) is 42.5 Å². The number of fused-ring (bicyclic) bond motifs is 5. The Morgan fingerprint density at radius 3 is 2.50 bits per heavy atom. The maximum Gasteiger partial charge on any atom is 0.306 e. The van der Waals surface area contributed by atoms with E-state index in [4.69, 9.17) is 9.47 Å². The molecular weight excluding hydrogens is 550 g/mol. The van der Waals surface area contributed by atoms with Crippen molar-refractivity contribution in [3.63, 3.8) is 0 Å². The van der Waals surface area contributed by atoms with E-state index in [1.54, 1.807) is 0 Å². The van der Waals surface area contributed by atoms with E-state index < -0.39 is 0 Å². The van der Waals surface area contributed by atoms with Crippen LogP contribution in [0.3, 0.4) is 0 Å². The number of ketones is 1. The van der Waals surface area contributed by atoms with Gasteiger partial charge in [0.1, 0.15) is 6.10 Å². The standard InChI is InChI=1S/C38H53NO5/c1-35(2)25-38(21-23-43-35,26-8-6-5-7-9-26)20-22-39-33(41)14-15-34(42)44-32-13-12-30-29-11-10-27-24-28(40)16-18-36(27,3)31(29)17-19-37(30,32)4/h5-9,24,29-32H,10-23,25H2,1-4H3,(H,39,41)/t29-,30+,31+,32+,36+,37+,38-/m1/s1. The van der Waals surface area contributed by atoms with Crippen molar-refractivity contribution in [2.24, 2.45) is 28.6 Å². The normalized spacial score (nSPS) is 37.6. The van der Waals surface area contributed by atoms with Gasteiger partial charge in [-0.15, -0.1) is 0 Å². The minimum absolute atomic E-state index is 0.00436. The molecule has 1 aliphatic heterocycles. The molecule has 0 radical (unpaired) electrons. The third kappa shape index (κ3) is 5.92. The molecular formula is C38H53NO5. The molecule has 44 heavy (non-hydrogen) atoms. The van der Waals surface area contributed by atoms with E-state index in [1.165, 1.54) is 11.1 Å². The molecule has 1 heterocycles. The molecule has 4 aliphatic carbocycles. The van der Waals surface area contributed by atoms with Crippen LogP contribution in [0.4, 0.5) is 0 Å². The lowest BCUT2D eigenvalue weighted by Crippen LogP contribution is -2.51. The third-order valence-corrected chi connectivity index (χ3v) is 12.9. The van der Waals surface area contributed by atoms with Gasteiger partial charge in [-0.25, -0.2) is 0 Å². The number of amides is 1. The molecule has 3 saturated carbocycles. The van der Waals surface area contributed by atoms with Gasteiger partial charge in [-0.2, -0.15) is 0 Å².